The molecule has 1 saturated heterocycles. The lowest BCUT2D eigenvalue weighted by atomic mass is 10.1. The zero-order valence-corrected chi connectivity index (χ0v) is 44.3. The maximum atomic E-state index is 11.7. The summed E-state index contributed by atoms with van der Waals surface area (Å²) >= 11 is 0. The van der Waals surface area contributed by atoms with Gasteiger partial charge in [-0.1, -0.05) is 0 Å². The van der Waals surface area contributed by atoms with E-state index in [1.54, 1.807) is 41.6 Å². The highest BCUT2D eigenvalue weighted by Crippen LogP contribution is 2.39. The number of aliphatic hydroxyl groups excluding tert-OH is 6. The van der Waals surface area contributed by atoms with E-state index < -0.39 is 161 Å². The van der Waals surface area contributed by atoms with E-state index in [4.69, 9.17) is 47.5 Å². The summed E-state index contributed by atoms with van der Waals surface area (Å²) in [6.07, 6.45) is -1.19. The van der Waals surface area contributed by atoms with Crippen LogP contribution in [0.15, 0.2) is 49.8 Å². The molecular weight excluding hydrogens is 1150 g/mol. The van der Waals surface area contributed by atoms with E-state index in [1.807, 2.05) is 0 Å². The Hall–Kier alpha value is -7.07. The average molecular weight is 1200 g/mol. The SMILES string of the molecule is NCC(=O)NS(=O)(=O)OC[C@H]1C[C@@H](n2ccc3c(N)ncnc32)[C@@H](O)C1O.NCC(=O)NS(=O)(=O)OC[C@H]1C[C@@H](n2cnc3c(N)ncnc32)[C@@H](O)C1O.NCC(=O)NS(=O)(=O)OC[C@H]1O[C@@H](n2ccc3c(N)ncnc32)[C@@H](O)C1O. The summed E-state index contributed by atoms with van der Waals surface area (Å²) in [4.78, 5) is 61.2. The molecule has 6 aromatic heterocycles. The number of rotatable bonds is 18. The average Bonchev–Trinajstić information content (AvgIpc) is 4.30. The summed E-state index contributed by atoms with van der Waals surface area (Å²) in [6.45, 7) is -3.07. The van der Waals surface area contributed by atoms with Crippen molar-refractivity contribution < 1.29 is 87.6 Å². The van der Waals surface area contributed by atoms with E-state index in [0.29, 0.717) is 33.2 Å². The number of aliphatic hydroxyl groups is 6. The van der Waals surface area contributed by atoms with Crippen molar-refractivity contribution in [3.8, 4) is 0 Å². The second kappa shape index (κ2) is 25.4. The number of hydrogen-bond donors (Lipinski definition) is 15. The quantitative estimate of drug-likeness (QED) is 0.0380. The Morgan fingerprint density at radius 1 is 0.531 bits per heavy atom. The lowest BCUT2D eigenvalue weighted by Gasteiger charge is -2.19. The number of nitrogens with one attached hydrogen (secondary N) is 3. The number of nitrogens with two attached hydrogens (primary N) is 6. The predicted octanol–water partition coefficient (Wildman–Crippen LogP) is -8.37. The highest BCUT2D eigenvalue weighted by atomic mass is 32.2. The molecule has 0 spiro atoms. The molecule has 7 heterocycles. The molecule has 21 N–H and O–H groups in total. The number of carbonyl (C=O) groups excluding carboxylic acids is 3. The first-order valence-corrected chi connectivity index (χ1v) is 27.9. The molecule has 0 aromatic carbocycles. The fourth-order valence-corrected chi connectivity index (χ4v) is 11.2. The van der Waals surface area contributed by atoms with Crippen molar-refractivity contribution in [3.63, 3.8) is 0 Å². The first-order chi connectivity index (χ1) is 38.2. The molecule has 81 heavy (non-hydrogen) atoms. The van der Waals surface area contributed by atoms with Gasteiger partial charge >= 0.3 is 30.9 Å². The van der Waals surface area contributed by atoms with Crippen molar-refractivity contribution in [2.45, 2.75) is 73.9 Å². The third kappa shape index (κ3) is 14.2. The number of aromatic nitrogens is 10. The van der Waals surface area contributed by atoms with Gasteiger partial charge in [0.2, 0.25) is 17.7 Å². The Kier molecular flexibility index (Phi) is 19.3. The minimum Gasteiger partial charge on any atom is -0.390 e. The topological polar surface area (TPSA) is 609 Å². The van der Waals surface area contributed by atoms with Gasteiger partial charge in [0.25, 0.3) is 0 Å². The summed E-state index contributed by atoms with van der Waals surface area (Å²) in [6, 6.07) is 2.11. The smallest absolute Gasteiger partial charge is 0.362 e. The molecule has 444 valence electrons. The minimum absolute atomic E-state index is 0.174. The molecule has 41 heteroatoms. The summed E-state index contributed by atoms with van der Waals surface area (Å²) in [5.41, 5.74) is 34.0. The molecule has 9 rings (SSSR count). The molecule has 2 aliphatic carbocycles. The van der Waals surface area contributed by atoms with Crippen LogP contribution in [0.2, 0.25) is 0 Å². The Labute approximate surface area is 457 Å². The number of nitrogen functional groups attached to an aromatic ring is 3. The molecule has 3 unspecified atom stereocenters. The van der Waals surface area contributed by atoms with Crippen LogP contribution < -0.4 is 48.6 Å². The van der Waals surface area contributed by atoms with Crippen molar-refractivity contribution in [1.29, 1.82) is 0 Å². The van der Waals surface area contributed by atoms with E-state index in [2.05, 4.69) is 39.1 Å². The molecule has 6 aromatic rings. The third-order valence-corrected chi connectivity index (χ3v) is 15.6. The maximum absolute atomic E-state index is 11.7. The summed E-state index contributed by atoms with van der Waals surface area (Å²) in [5.74, 6) is -3.53. The number of nitrogens with zero attached hydrogens (tertiary/aromatic N) is 10. The standard InChI is InChI=1S/C14H20N6O6S.C13H19N7O6S.C13H18N6O7S/c15-4-10(21)19-27(24,25)26-5-7-3-9(12(23)11(7)22)20-2-1-8-13(16)17-6-18-14(8)20;14-2-8(21)19-27(24,25)26-3-6-1-7(11(23)10(6)22)20-5-18-9-12(15)16-4-17-13(9)20;14-3-8(20)18-27(23,24)25-4-7-9(21)10(22)13(26-7)19-2-1-6-11(15)16-5-17-12(6)19/h1-2,6-7,9,11-12,22-23H,3-5,15H2,(H,19,21)(H2,16,17,18);4-7,10-11,22-23H,1-3,14H2,(H,19,21)(H2,15,16,17);1-2,5,7,9-10,13,21-22H,3-4,14H2,(H,18,20)(H2,15,16,17)/t7-,9-,11?,12-;6-,7-,10?,11-;7-,9?,10+,13-/m111/s1. The molecule has 0 bridgehead atoms. The summed E-state index contributed by atoms with van der Waals surface area (Å²) < 4.78 is 99.0. The van der Waals surface area contributed by atoms with Gasteiger partial charge in [-0.15, -0.1) is 0 Å². The normalized spacial score (nSPS) is 25.7. The van der Waals surface area contributed by atoms with Crippen LogP contribution in [-0.4, -0.2) is 204 Å². The third-order valence-electron chi connectivity index (χ3n) is 12.9. The molecule has 3 fully saturated rings. The second-order valence-corrected chi connectivity index (χ2v) is 22.1. The molecule has 2 saturated carbocycles. The van der Waals surface area contributed by atoms with Gasteiger partial charge in [0, 0.05) is 24.2 Å². The largest absolute Gasteiger partial charge is 0.390 e. The van der Waals surface area contributed by atoms with Gasteiger partial charge in [-0.25, -0.2) is 49.1 Å². The molecule has 38 nitrogen and oxygen atoms in total. The van der Waals surface area contributed by atoms with E-state index in [-0.39, 0.29) is 30.3 Å². The van der Waals surface area contributed by atoms with Crippen LogP contribution in [0, 0.1) is 11.8 Å². The van der Waals surface area contributed by atoms with E-state index in [0.717, 1.165) is 0 Å². The van der Waals surface area contributed by atoms with Crippen LogP contribution in [0.25, 0.3) is 33.2 Å². The van der Waals surface area contributed by atoms with Crippen LogP contribution in [0.5, 0.6) is 0 Å². The minimum atomic E-state index is -4.43. The Morgan fingerprint density at radius 3 is 1.41 bits per heavy atom. The van der Waals surface area contributed by atoms with Gasteiger partial charge in [-0.3, -0.25) is 26.9 Å². The molecule has 3 amide bonds. The highest BCUT2D eigenvalue weighted by Gasteiger charge is 2.47. The zero-order valence-electron chi connectivity index (χ0n) is 41.9. The van der Waals surface area contributed by atoms with Crippen molar-refractivity contribution in [3.05, 3.63) is 49.8 Å². The van der Waals surface area contributed by atoms with Crippen LogP contribution in [-0.2, 0) is 62.6 Å². The predicted molar refractivity (Wildman–Crippen MR) is 274 cm³/mol. The first kappa shape index (κ1) is 61.5. The van der Waals surface area contributed by atoms with Gasteiger partial charge in [0.15, 0.2) is 17.7 Å². The van der Waals surface area contributed by atoms with E-state index in [9.17, 15) is 70.3 Å². The first-order valence-electron chi connectivity index (χ1n) is 23.7. The number of amides is 3. The Morgan fingerprint density at radius 2 is 0.938 bits per heavy atom. The molecular formula is C40H57N19O19S3. The van der Waals surface area contributed by atoms with E-state index >= 15 is 0 Å². The number of ether oxygens (including phenoxy) is 1. The van der Waals surface area contributed by atoms with Gasteiger partial charge in [-0.05, 0) is 25.0 Å². The number of anilines is 3. The van der Waals surface area contributed by atoms with Gasteiger partial charge in [0.05, 0.1) is 80.8 Å². The van der Waals surface area contributed by atoms with Gasteiger partial charge in [0.1, 0.15) is 77.9 Å². The number of carbonyl (C=O) groups is 3. The van der Waals surface area contributed by atoms with Crippen molar-refractivity contribution in [2.24, 2.45) is 29.0 Å². The molecule has 1 aliphatic heterocycles. The van der Waals surface area contributed by atoms with Crippen molar-refractivity contribution in [1.82, 2.24) is 62.8 Å². The number of imidazole rings is 1. The Bertz CT molecular complexity index is 3210. The Balaban J connectivity index is 0.000000175. The lowest BCUT2D eigenvalue weighted by Crippen LogP contribution is -2.39. The van der Waals surface area contributed by atoms with Crippen LogP contribution in [0.4, 0.5) is 17.5 Å². The number of fused-ring (bicyclic) bond motifs is 3. The fraction of sp³-hybridized carbons (Fsp3) is 0.500. The van der Waals surface area contributed by atoms with E-state index in [1.165, 1.54) is 36.1 Å². The van der Waals surface area contributed by atoms with Crippen LogP contribution in [0.3, 0.4) is 0 Å². The fourth-order valence-electron chi connectivity index (χ4n) is 8.89. The summed E-state index contributed by atoms with van der Waals surface area (Å²) in [7, 11) is -13.1. The molecule has 12 atom stereocenters. The van der Waals surface area contributed by atoms with Gasteiger partial charge in [-0.2, -0.15) is 25.3 Å². The highest BCUT2D eigenvalue weighted by molar-refractivity contribution is 7.85. The van der Waals surface area contributed by atoms with Crippen LogP contribution in [0.1, 0.15) is 31.2 Å². The lowest BCUT2D eigenvalue weighted by molar-refractivity contribution is -0.119. The van der Waals surface area contributed by atoms with Crippen molar-refractivity contribution in [2.75, 3.05) is 56.7 Å². The molecule has 0 radical (unpaired) electrons. The second-order valence-electron chi connectivity index (χ2n) is 18.1. The molecule has 3 aliphatic rings. The van der Waals surface area contributed by atoms with Crippen molar-refractivity contribution >= 4 is 99.3 Å². The summed E-state index contributed by atoms with van der Waals surface area (Å²) in [5, 5.41) is 62.9. The maximum Gasteiger partial charge on any atom is 0.362 e. The monoisotopic (exact) mass is 1200 g/mol. The zero-order chi connectivity index (χ0) is 59.3. The number of hydrogen-bond acceptors (Lipinski definition) is 32. The van der Waals surface area contributed by atoms with Gasteiger partial charge < -0.3 is 83.5 Å². The van der Waals surface area contributed by atoms with Crippen LogP contribution >= 0.6 is 0 Å².